The van der Waals surface area contributed by atoms with Crippen molar-refractivity contribution in [3.05, 3.63) is 167 Å². The molecule has 3 aliphatic rings. The fourth-order valence-electron chi connectivity index (χ4n) is 10.4. The van der Waals surface area contributed by atoms with Crippen LogP contribution in [0, 0.1) is 17.5 Å². The number of hydrogen-bond donors (Lipinski definition) is 2. The summed E-state index contributed by atoms with van der Waals surface area (Å²) in [6.45, 7) is 8.56. The van der Waals surface area contributed by atoms with Crippen molar-refractivity contribution in [1.82, 2.24) is 35.2 Å². The van der Waals surface area contributed by atoms with Gasteiger partial charge in [0.1, 0.15) is 34.5 Å². The number of esters is 2. The maximum atomic E-state index is 13.5. The van der Waals surface area contributed by atoms with Crippen molar-refractivity contribution in [2.24, 2.45) is 0 Å². The number of carboxylic acid groups (broad SMARTS) is 1. The minimum atomic E-state index is -0.988. The van der Waals surface area contributed by atoms with Crippen molar-refractivity contribution >= 4 is 74.2 Å². The van der Waals surface area contributed by atoms with E-state index in [0.29, 0.717) is 67.8 Å². The number of benzene rings is 6. The Morgan fingerprint density at radius 3 is 1.28 bits per heavy atom. The number of fused-ring (bicyclic) bond motifs is 3. The Labute approximate surface area is 543 Å². The fraction of sp³-hybridized carbons (Fsp3) is 0.338. The van der Waals surface area contributed by atoms with Crippen LogP contribution in [0.4, 0.5) is 24.8 Å². The molecule has 0 unspecified atom stereocenters. The molecule has 3 fully saturated rings. The molecular formula is C68H72ClF3N9NaO7. The number of nitrogens with zero attached hydrogens (tertiary/aromatic N) is 8. The monoisotopic (exact) mass is 1240 g/mol. The van der Waals surface area contributed by atoms with Crippen molar-refractivity contribution < 1.29 is 77.2 Å². The van der Waals surface area contributed by atoms with Crippen LogP contribution in [-0.4, -0.2) is 111 Å². The molecule has 12 rings (SSSR count). The van der Waals surface area contributed by atoms with Gasteiger partial charge in [0.15, 0.2) is 16.8 Å². The van der Waals surface area contributed by atoms with E-state index in [1.807, 2.05) is 0 Å². The zero-order chi connectivity index (χ0) is 61.1. The van der Waals surface area contributed by atoms with E-state index in [1.54, 1.807) is 84.9 Å². The first-order valence-corrected chi connectivity index (χ1v) is 30.3. The molecule has 3 saturated heterocycles. The van der Waals surface area contributed by atoms with Crippen LogP contribution in [0.15, 0.2) is 127 Å². The van der Waals surface area contributed by atoms with Crippen molar-refractivity contribution in [2.75, 3.05) is 62.8 Å². The number of hydrogen-bond acceptors (Lipinski definition) is 15. The molecule has 0 radical (unpaired) electrons. The van der Waals surface area contributed by atoms with Crippen LogP contribution in [0.3, 0.4) is 0 Å². The van der Waals surface area contributed by atoms with Crippen molar-refractivity contribution in [3.63, 3.8) is 0 Å². The van der Waals surface area contributed by atoms with Crippen LogP contribution in [-0.2, 0) is 9.47 Å². The first kappa shape index (κ1) is 68.8. The third-order valence-corrected chi connectivity index (χ3v) is 15.4. The maximum absolute atomic E-state index is 13.5. The minimum absolute atomic E-state index is 0. The van der Waals surface area contributed by atoms with E-state index in [1.165, 1.54) is 114 Å². The van der Waals surface area contributed by atoms with Gasteiger partial charge in [-0.1, -0.05) is 63.5 Å². The van der Waals surface area contributed by atoms with Gasteiger partial charge in [-0.15, -0.1) is 0 Å². The van der Waals surface area contributed by atoms with Crippen LogP contribution in [0.25, 0.3) is 66.9 Å². The van der Waals surface area contributed by atoms with Gasteiger partial charge in [0.2, 0.25) is 0 Å². The van der Waals surface area contributed by atoms with Gasteiger partial charge in [0.25, 0.3) is 0 Å². The SMILES string of the molecule is C1CCCNCC1.CCCCOC(=O)c1ccc2nc(-c3ccc(F)cc3)c(N3CCCCCC3)nc2c1.COC(=O)c1ccc2nc(-c3ccc(F)cc3)c(Cl)nc2c1.O=C(O)c1ccc2nc(-c3ccc(F)cc3)c(N3CCCCCC3)nc2c1.[Na+].[OH-]. The molecule has 3 N–H and O–H groups in total. The molecule has 89 heavy (non-hydrogen) atoms. The Balaban J connectivity index is 0.000000180. The molecule has 6 aromatic carbocycles. The summed E-state index contributed by atoms with van der Waals surface area (Å²) in [4.78, 5) is 67.8. The molecule has 0 bridgehead atoms. The van der Waals surface area contributed by atoms with Gasteiger partial charge in [-0.05, 0) is 185 Å². The topological polar surface area (TPSA) is 216 Å². The number of unbranched alkanes of at least 4 members (excludes halogenated alkanes) is 1. The van der Waals surface area contributed by atoms with E-state index in [-0.39, 0.29) is 69.2 Å². The van der Waals surface area contributed by atoms with Crippen molar-refractivity contribution in [2.45, 2.75) is 96.8 Å². The standard InChI is InChI=1S/C25H28FN3O2.C21H20FN3O2.C16H10ClFN2O2.C6H13N.Na.H2O/c1-2-3-16-31-25(30)19-10-13-21-22(17-19)28-24(29-14-6-4-5-7-15-29)23(27-21)18-8-11-20(26)12-9-18;22-16-8-5-14(6-9-16)19-20(25-11-3-1-2-4-12-25)24-18-13-15(21(26)27)7-10-17(18)23-19;1-22-16(21)10-4-7-12-13(8-10)20-15(17)14(19-12)9-2-5-11(18)6-3-9;1-2-4-6-7-5-3-1;;/h8-13,17H,2-7,14-16H2,1H3;5-10,13H,1-4,11-12H2,(H,26,27);2-8H,1H3;7H,1-6H2;;1H2/q;;;;+1;/p-1. The molecule has 16 nitrogen and oxygen atoms in total. The molecular weight excluding hydrogens is 1170 g/mol. The normalized spacial score (nSPS) is 14.1. The number of carbonyl (C=O) groups excluding carboxylic acids is 2. The summed E-state index contributed by atoms with van der Waals surface area (Å²) < 4.78 is 49.9. The molecule has 9 aromatic rings. The molecule has 0 atom stereocenters. The molecule has 3 aliphatic heterocycles. The van der Waals surface area contributed by atoms with Gasteiger partial charge >= 0.3 is 47.5 Å². The summed E-state index contributed by atoms with van der Waals surface area (Å²) in [5, 5.41) is 12.8. The van der Waals surface area contributed by atoms with Crippen LogP contribution >= 0.6 is 11.6 Å². The third-order valence-electron chi connectivity index (χ3n) is 15.2. The molecule has 0 amide bonds. The Bertz CT molecular complexity index is 3780. The fourth-order valence-corrected chi connectivity index (χ4v) is 10.6. The van der Waals surface area contributed by atoms with Crippen molar-refractivity contribution in [3.8, 4) is 33.8 Å². The smallest absolute Gasteiger partial charge is 0.870 e. The number of anilines is 2. The summed E-state index contributed by atoms with van der Waals surface area (Å²) in [6.07, 6.45) is 16.6. The van der Waals surface area contributed by atoms with E-state index in [4.69, 9.17) is 36.3 Å². The largest absolute Gasteiger partial charge is 1.00 e. The van der Waals surface area contributed by atoms with Crippen molar-refractivity contribution in [1.29, 1.82) is 0 Å². The summed E-state index contributed by atoms with van der Waals surface area (Å²) in [6, 6.07) is 33.3. The zero-order valence-corrected chi connectivity index (χ0v) is 53.3. The number of carbonyl (C=O) groups is 3. The molecule has 6 heterocycles. The Kier molecular flexibility index (Phi) is 26.6. The van der Waals surface area contributed by atoms with Gasteiger partial charge in [-0.2, -0.15) is 0 Å². The zero-order valence-electron chi connectivity index (χ0n) is 50.5. The molecule has 0 saturated carbocycles. The molecule has 0 spiro atoms. The first-order valence-electron chi connectivity index (χ1n) is 29.9. The number of aromatic carboxylic acids is 1. The van der Waals surface area contributed by atoms with E-state index in [9.17, 15) is 32.7 Å². The maximum Gasteiger partial charge on any atom is 1.00 e. The van der Waals surface area contributed by atoms with Gasteiger partial charge in [-0.25, -0.2) is 57.5 Å². The van der Waals surface area contributed by atoms with Crippen LogP contribution in [0.1, 0.15) is 128 Å². The number of methoxy groups -OCH3 is 1. The number of rotatable bonds is 11. The summed E-state index contributed by atoms with van der Waals surface area (Å²) in [5.41, 5.74) is 8.84. The second kappa shape index (κ2) is 34.4. The molecule has 3 aromatic heterocycles. The Morgan fingerprint density at radius 1 is 0.494 bits per heavy atom. The average Bonchev–Trinajstić information content (AvgIpc) is 1.80. The third kappa shape index (κ3) is 18.9. The predicted molar refractivity (Wildman–Crippen MR) is 338 cm³/mol. The minimum Gasteiger partial charge on any atom is -0.870 e. The number of carboxylic acids is 1. The number of aromatic nitrogens is 6. The van der Waals surface area contributed by atoms with Gasteiger partial charge in [-0.3, -0.25) is 0 Å². The Morgan fingerprint density at radius 2 is 0.865 bits per heavy atom. The van der Waals surface area contributed by atoms with E-state index >= 15 is 0 Å². The summed E-state index contributed by atoms with van der Waals surface area (Å²) in [5.74, 6) is -1.17. The Hall–Kier alpha value is -7.65. The quantitative estimate of drug-likeness (QED) is 0.0699. The van der Waals surface area contributed by atoms with Gasteiger partial charge in [0.05, 0.1) is 63.5 Å². The second-order valence-corrected chi connectivity index (χ2v) is 21.9. The van der Waals surface area contributed by atoms with Crippen LogP contribution in [0.5, 0.6) is 0 Å². The number of halogens is 4. The molecule has 0 aliphatic carbocycles. The summed E-state index contributed by atoms with van der Waals surface area (Å²) >= 11 is 6.16. The molecule has 460 valence electrons. The van der Waals surface area contributed by atoms with Crippen LogP contribution < -0.4 is 44.7 Å². The van der Waals surface area contributed by atoms with E-state index < -0.39 is 11.9 Å². The number of nitrogens with one attached hydrogen (secondary N) is 1. The number of ether oxygens (including phenoxy) is 2. The average molecular weight is 1240 g/mol. The predicted octanol–water partition coefficient (Wildman–Crippen LogP) is 12.1. The molecule has 21 heteroatoms. The van der Waals surface area contributed by atoms with Crippen LogP contribution in [0.2, 0.25) is 5.15 Å². The van der Waals surface area contributed by atoms with Gasteiger partial charge < -0.3 is 35.2 Å². The van der Waals surface area contributed by atoms with E-state index in [0.717, 1.165) is 93.2 Å². The second-order valence-electron chi connectivity index (χ2n) is 21.5. The first-order chi connectivity index (χ1) is 42.3. The van der Waals surface area contributed by atoms with Gasteiger partial charge in [0, 0.05) is 42.9 Å². The van der Waals surface area contributed by atoms with E-state index in [2.05, 4.69) is 36.7 Å². The summed E-state index contributed by atoms with van der Waals surface area (Å²) in [7, 11) is 1.31.